The second-order valence-corrected chi connectivity index (χ2v) is 2.94. The molecule has 2 aromatic rings. The van der Waals surface area contributed by atoms with E-state index in [-0.39, 0.29) is 11.3 Å². The first-order valence-electron chi connectivity index (χ1n) is 4.37. The summed E-state index contributed by atoms with van der Waals surface area (Å²) in [7, 11) is 1.41. The summed E-state index contributed by atoms with van der Waals surface area (Å²) in [5.41, 5.74) is 0.728. The lowest BCUT2D eigenvalue weighted by atomic mass is 10.2. The number of ether oxygens (including phenoxy) is 1. The molecule has 0 saturated carbocycles. The van der Waals surface area contributed by atoms with E-state index in [9.17, 15) is 4.79 Å². The molecule has 0 aliphatic rings. The molecule has 0 atom stereocenters. The summed E-state index contributed by atoms with van der Waals surface area (Å²) >= 11 is 0. The topological polar surface area (TPSA) is 90.1 Å². The molecule has 1 N–H and O–H groups in total. The first-order chi connectivity index (χ1) is 7.72. The lowest BCUT2D eigenvalue weighted by molar-refractivity contribution is 0.0693. The van der Waals surface area contributed by atoms with Gasteiger partial charge in [0.15, 0.2) is 0 Å². The highest BCUT2D eigenvalue weighted by molar-refractivity contribution is 5.91. The van der Waals surface area contributed by atoms with Crippen LogP contribution in [0.15, 0.2) is 24.5 Å². The number of carboxylic acid groups (broad SMARTS) is 1. The van der Waals surface area contributed by atoms with Crippen molar-refractivity contribution in [3.05, 3.63) is 30.1 Å². The summed E-state index contributed by atoms with van der Waals surface area (Å²) < 4.78 is 6.39. The summed E-state index contributed by atoms with van der Waals surface area (Å²) in [4.78, 5) is 10.9. The Labute approximate surface area is 90.3 Å². The van der Waals surface area contributed by atoms with Gasteiger partial charge in [-0.1, -0.05) is 0 Å². The average Bonchev–Trinajstić information content (AvgIpc) is 2.81. The monoisotopic (exact) mass is 220 g/mol. The lowest BCUT2D eigenvalue weighted by Gasteiger charge is -2.06. The van der Waals surface area contributed by atoms with E-state index in [1.165, 1.54) is 24.2 Å². The van der Waals surface area contributed by atoms with Crippen LogP contribution >= 0.6 is 0 Å². The van der Waals surface area contributed by atoms with Gasteiger partial charge in [-0.05, 0) is 22.6 Å². The van der Waals surface area contributed by atoms with E-state index in [1.54, 1.807) is 12.1 Å². The van der Waals surface area contributed by atoms with Gasteiger partial charge < -0.3 is 9.84 Å². The third-order valence-corrected chi connectivity index (χ3v) is 2.03. The van der Waals surface area contributed by atoms with Crippen LogP contribution in [0.25, 0.3) is 5.69 Å². The first-order valence-corrected chi connectivity index (χ1v) is 4.37. The van der Waals surface area contributed by atoms with Gasteiger partial charge in [-0.3, -0.25) is 0 Å². The van der Waals surface area contributed by atoms with E-state index in [1.807, 2.05) is 0 Å². The standard InChI is InChI=1S/C9H8N4O3/c1-16-8-4-6(13-5-10-11-12-13)2-3-7(8)9(14)15/h2-5H,1H3,(H,14,15). The maximum atomic E-state index is 10.9. The van der Waals surface area contributed by atoms with Crippen molar-refractivity contribution in [1.29, 1.82) is 0 Å². The number of hydrogen-bond acceptors (Lipinski definition) is 5. The zero-order valence-corrected chi connectivity index (χ0v) is 8.36. The van der Waals surface area contributed by atoms with Crippen molar-refractivity contribution in [2.45, 2.75) is 0 Å². The highest BCUT2D eigenvalue weighted by Crippen LogP contribution is 2.21. The smallest absolute Gasteiger partial charge is 0.339 e. The highest BCUT2D eigenvalue weighted by atomic mass is 16.5. The predicted molar refractivity (Wildman–Crippen MR) is 52.7 cm³/mol. The van der Waals surface area contributed by atoms with E-state index in [4.69, 9.17) is 9.84 Å². The third-order valence-electron chi connectivity index (χ3n) is 2.03. The fraction of sp³-hybridized carbons (Fsp3) is 0.111. The molecule has 0 aliphatic heterocycles. The lowest BCUT2D eigenvalue weighted by Crippen LogP contribution is -2.03. The fourth-order valence-corrected chi connectivity index (χ4v) is 1.28. The van der Waals surface area contributed by atoms with E-state index in [0.29, 0.717) is 5.69 Å². The predicted octanol–water partition coefficient (Wildman–Crippen LogP) is 0.369. The molecule has 7 heteroatoms. The number of hydrogen-bond donors (Lipinski definition) is 1. The van der Waals surface area contributed by atoms with Gasteiger partial charge in [0.25, 0.3) is 0 Å². The van der Waals surface area contributed by atoms with Gasteiger partial charge in [-0.25, -0.2) is 9.48 Å². The number of aromatic nitrogens is 4. The van der Waals surface area contributed by atoms with Crippen LogP contribution in [-0.2, 0) is 0 Å². The summed E-state index contributed by atoms with van der Waals surface area (Å²) in [6.45, 7) is 0. The molecule has 2 rings (SSSR count). The Morgan fingerprint density at radius 2 is 2.31 bits per heavy atom. The molecular formula is C9H8N4O3. The molecule has 1 aromatic carbocycles. The number of aromatic carboxylic acids is 1. The molecule has 0 spiro atoms. The van der Waals surface area contributed by atoms with Crippen molar-refractivity contribution in [3.63, 3.8) is 0 Å². The Hall–Kier alpha value is -2.44. The molecular weight excluding hydrogens is 212 g/mol. The van der Waals surface area contributed by atoms with Gasteiger partial charge in [-0.15, -0.1) is 5.10 Å². The Kier molecular flexibility index (Phi) is 2.50. The maximum Gasteiger partial charge on any atom is 0.339 e. The second-order valence-electron chi connectivity index (χ2n) is 2.94. The summed E-state index contributed by atoms with van der Waals surface area (Å²) in [6.07, 6.45) is 1.41. The molecule has 0 amide bonds. The minimum Gasteiger partial charge on any atom is -0.496 e. The van der Waals surface area contributed by atoms with Gasteiger partial charge in [0.2, 0.25) is 0 Å². The molecule has 0 unspecified atom stereocenters. The maximum absolute atomic E-state index is 10.9. The van der Waals surface area contributed by atoms with Crippen LogP contribution in [0.5, 0.6) is 5.75 Å². The number of benzene rings is 1. The van der Waals surface area contributed by atoms with Crippen LogP contribution in [0, 0.1) is 0 Å². The Balaban J connectivity index is 2.49. The number of nitrogens with zero attached hydrogens (tertiary/aromatic N) is 4. The average molecular weight is 220 g/mol. The van der Waals surface area contributed by atoms with Gasteiger partial charge >= 0.3 is 5.97 Å². The number of rotatable bonds is 3. The van der Waals surface area contributed by atoms with Crippen molar-refractivity contribution in [1.82, 2.24) is 20.2 Å². The van der Waals surface area contributed by atoms with Gasteiger partial charge in [0.1, 0.15) is 17.6 Å². The van der Waals surface area contributed by atoms with Crippen LogP contribution in [0.1, 0.15) is 10.4 Å². The van der Waals surface area contributed by atoms with E-state index in [0.717, 1.165) is 0 Å². The van der Waals surface area contributed by atoms with Crippen molar-refractivity contribution >= 4 is 5.97 Å². The minimum atomic E-state index is -1.04. The number of methoxy groups -OCH3 is 1. The van der Waals surface area contributed by atoms with Crippen LogP contribution in [-0.4, -0.2) is 38.4 Å². The Morgan fingerprint density at radius 1 is 1.50 bits per heavy atom. The van der Waals surface area contributed by atoms with E-state index < -0.39 is 5.97 Å². The quantitative estimate of drug-likeness (QED) is 0.803. The van der Waals surface area contributed by atoms with Crippen molar-refractivity contribution in [2.75, 3.05) is 7.11 Å². The molecule has 1 heterocycles. The number of tetrazole rings is 1. The highest BCUT2D eigenvalue weighted by Gasteiger charge is 2.12. The molecule has 0 radical (unpaired) electrons. The number of carbonyl (C=O) groups is 1. The SMILES string of the molecule is COc1cc(-n2cnnn2)ccc1C(=O)O. The second kappa shape index (κ2) is 3.97. The molecule has 7 nitrogen and oxygen atoms in total. The van der Waals surface area contributed by atoms with Crippen molar-refractivity contribution in [2.24, 2.45) is 0 Å². The summed E-state index contributed by atoms with van der Waals surface area (Å²) in [5, 5.41) is 19.6. The van der Waals surface area contributed by atoms with Crippen LogP contribution in [0.4, 0.5) is 0 Å². The van der Waals surface area contributed by atoms with E-state index in [2.05, 4.69) is 15.5 Å². The van der Waals surface area contributed by atoms with E-state index >= 15 is 0 Å². The van der Waals surface area contributed by atoms with Gasteiger partial charge in [-0.2, -0.15) is 0 Å². The normalized spacial score (nSPS) is 10.1. The molecule has 0 saturated heterocycles. The van der Waals surface area contributed by atoms with Crippen LogP contribution < -0.4 is 4.74 Å². The zero-order chi connectivity index (χ0) is 11.5. The third kappa shape index (κ3) is 1.70. The molecule has 1 aromatic heterocycles. The van der Waals surface area contributed by atoms with Gasteiger partial charge in [0.05, 0.1) is 12.8 Å². The zero-order valence-electron chi connectivity index (χ0n) is 8.36. The fourth-order valence-electron chi connectivity index (χ4n) is 1.28. The molecule has 0 fully saturated rings. The first kappa shape index (κ1) is 10.1. The Morgan fingerprint density at radius 3 is 2.88 bits per heavy atom. The largest absolute Gasteiger partial charge is 0.496 e. The number of carboxylic acids is 1. The molecule has 16 heavy (non-hydrogen) atoms. The van der Waals surface area contributed by atoms with Crippen molar-refractivity contribution < 1.29 is 14.6 Å². The molecule has 0 bridgehead atoms. The Bertz CT molecular complexity index is 509. The van der Waals surface area contributed by atoms with Crippen LogP contribution in [0.3, 0.4) is 0 Å². The molecule has 82 valence electrons. The van der Waals surface area contributed by atoms with Crippen molar-refractivity contribution in [3.8, 4) is 11.4 Å². The summed E-state index contributed by atoms with van der Waals surface area (Å²) in [6, 6.07) is 4.60. The molecule has 0 aliphatic carbocycles. The minimum absolute atomic E-state index is 0.0966. The van der Waals surface area contributed by atoms with Gasteiger partial charge in [0, 0.05) is 6.07 Å². The summed E-state index contributed by atoms with van der Waals surface area (Å²) in [5.74, 6) is -0.777. The van der Waals surface area contributed by atoms with Crippen LogP contribution in [0.2, 0.25) is 0 Å².